The molecule has 0 aliphatic carbocycles. The fraction of sp³-hybridized carbons (Fsp3) is 0.231. The number of fused-ring (bicyclic) bond motifs is 3. The number of likely N-dealkylation sites (N-methyl/N-ethyl adjacent to an activating group) is 1. The topological polar surface area (TPSA) is 93.5 Å². The fourth-order valence-electron chi connectivity index (χ4n) is 4.55. The maximum absolute atomic E-state index is 13.4. The SMILES string of the molecule is CCN1C(=O)COc2ccc(C(=O)CN3C(=O)C(C)Oc4ccc(-c5cn6ccsc6n5)cc43)cc21. The Morgan fingerprint density at radius 3 is 2.72 bits per heavy atom. The summed E-state index contributed by atoms with van der Waals surface area (Å²) in [5, 5.41) is 1.96. The number of nitrogens with zero attached hydrogens (tertiary/aromatic N) is 4. The van der Waals surface area contributed by atoms with Gasteiger partial charge in [-0.1, -0.05) is 0 Å². The second kappa shape index (κ2) is 8.49. The zero-order chi connectivity index (χ0) is 25.0. The van der Waals surface area contributed by atoms with Crippen molar-refractivity contribution < 1.29 is 23.9 Å². The first-order valence-corrected chi connectivity index (χ1v) is 12.5. The van der Waals surface area contributed by atoms with E-state index >= 15 is 0 Å². The number of benzene rings is 2. The predicted octanol–water partition coefficient (Wildman–Crippen LogP) is 3.80. The van der Waals surface area contributed by atoms with Crippen LogP contribution >= 0.6 is 11.3 Å². The van der Waals surface area contributed by atoms with Gasteiger partial charge in [0.2, 0.25) is 0 Å². The molecule has 2 aliphatic heterocycles. The van der Waals surface area contributed by atoms with E-state index in [0.29, 0.717) is 35.0 Å². The van der Waals surface area contributed by atoms with Gasteiger partial charge >= 0.3 is 0 Å². The number of ketones is 1. The Balaban J connectivity index is 1.34. The fourth-order valence-corrected chi connectivity index (χ4v) is 5.25. The normalized spacial score (nSPS) is 17.0. The van der Waals surface area contributed by atoms with Crippen LogP contribution in [0, 0.1) is 0 Å². The predicted molar refractivity (Wildman–Crippen MR) is 135 cm³/mol. The number of imidazole rings is 1. The van der Waals surface area contributed by atoms with E-state index < -0.39 is 6.10 Å². The average molecular weight is 503 g/mol. The molecule has 1 atom stereocenters. The molecular formula is C26H22N4O5S. The van der Waals surface area contributed by atoms with E-state index in [1.807, 2.05) is 41.2 Å². The average Bonchev–Trinajstić information content (AvgIpc) is 3.49. The van der Waals surface area contributed by atoms with Gasteiger partial charge in [0, 0.05) is 35.4 Å². The van der Waals surface area contributed by atoms with Crippen molar-refractivity contribution in [3.63, 3.8) is 0 Å². The quantitative estimate of drug-likeness (QED) is 0.386. The van der Waals surface area contributed by atoms with E-state index in [-0.39, 0.29) is 30.7 Å². The highest BCUT2D eigenvalue weighted by molar-refractivity contribution is 7.15. The summed E-state index contributed by atoms with van der Waals surface area (Å²) in [6, 6.07) is 10.5. The number of hydrogen-bond donors (Lipinski definition) is 0. The summed E-state index contributed by atoms with van der Waals surface area (Å²) >= 11 is 1.53. The summed E-state index contributed by atoms with van der Waals surface area (Å²) in [7, 11) is 0. The second-order valence-corrected chi connectivity index (χ2v) is 9.49. The third kappa shape index (κ3) is 3.61. The van der Waals surface area contributed by atoms with Gasteiger partial charge in [-0.15, -0.1) is 11.3 Å². The third-order valence-electron chi connectivity index (χ3n) is 6.40. The molecule has 10 heteroatoms. The molecule has 9 nitrogen and oxygen atoms in total. The molecule has 0 fully saturated rings. The minimum absolute atomic E-state index is 0.0257. The highest BCUT2D eigenvalue weighted by Gasteiger charge is 2.34. The summed E-state index contributed by atoms with van der Waals surface area (Å²) in [4.78, 5) is 47.3. The molecule has 6 rings (SSSR count). The molecule has 0 saturated heterocycles. The first-order chi connectivity index (χ1) is 17.4. The van der Waals surface area contributed by atoms with Gasteiger partial charge in [-0.05, 0) is 50.2 Å². The van der Waals surface area contributed by atoms with Gasteiger partial charge in [0.25, 0.3) is 11.8 Å². The maximum Gasteiger partial charge on any atom is 0.268 e. The Morgan fingerprint density at radius 2 is 1.92 bits per heavy atom. The number of rotatable bonds is 5. The molecule has 0 saturated carbocycles. The van der Waals surface area contributed by atoms with Crippen molar-refractivity contribution in [3.8, 4) is 22.8 Å². The van der Waals surface area contributed by atoms with E-state index in [1.54, 1.807) is 36.1 Å². The van der Waals surface area contributed by atoms with Crippen LogP contribution in [0.4, 0.5) is 11.4 Å². The van der Waals surface area contributed by atoms with Crippen LogP contribution in [0.2, 0.25) is 0 Å². The van der Waals surface area contributed by atoms with E-state index in [4.69, 9.17) is 9.47 Å². The smallest absolute Gasteiger partial charge is 0.268 e. The van der Waals surface area contributed by atoms with Gasteiger partial charge in [-0.2, -0.15) is 0 Å². The molecule has 4 aromatic rings. The van der Waals surface area contributed by atoms with Crippen LogP contribution in [0.25, 0.3) is 16.2 Å². The highest BCUT2D eigenvalue weighted by Crippen LogP contribution is 2.38. The molecule has 36 heavy (non-hydrogen) atoms. The number of amides is 2. The van der Waals surface area contributed by atoms with Crippen LogP contribution in [0.1, 0.15) is 24.2 Å². The van der Waals surface area contributed by atoms with Crippen molar-refractivity contribution in [2.24, 2.45) is 0 Å². The van der Waals surface area contributed by atoms with E-state index in [9.17, 15) is 14.4 Å². The lowest BCUT2D eigenvalue weighted by molar-refractivity contribution is -0.125. The lowest BCUT2D eigenvalue weighted by Gasteiger charge is -2.33. The van der Waals surface area contributed by atoms with Gasteiger partial charge in [-0.3, -0.25) is 23.7 Å². The molecule has 2 aromatic heterocycles. The number of hydrogen-bond acceptors (Lipinski definition) is 7. The molecule has 0 radical (unpaired) electrons. The van der Waals surface area contributed by atoms with Crippen molar-refractivity contribution in [2.45, 2.75) is 20.0 Å². The van der Waals surface area contributed by atoms with Crippen LogP contribution in [-0.4, -0.2) is 52.8 Å². The summed E-state index contributed by atoms with van der Waals surface area (Å²) in [6.45, 7) is 3.81. The molecule has 1 unspecified atom stereocenters. The summed E-state index contributed by atoms with van der Waals surface area (Å²) < 4.78 is 13.3. The zero-order valence-electron chi connectivity index (χ0n) is 19.6. The second-order valence-electron chi connectivity index (χ2n) is 8.62. The standard InChI is InChI=1S/C26H22N4O5S/c1-3-29-19-11-17(5-6-22(19)34-14-24(29)32)21(31)13-30-20-10-16(4-7-23(20)35-15(2)25(30)33)18-12-28-8-9-36-26(28)27-18/h4-12,15H,3,13-14H2,1-2H3. The van der Waals surface area contributed by atoms with Crippen molar-refractivity contribution in [1.29, 1.82) is 0 Å². The maximum atomic E-state index is 13.4. The number of aromatic nitrogens is 2. The Labute approximate surface area is 210 Å². The monoisotopic (exact) mass is 502 g/mol. The molecule has 4 heterocycles. The zero-order valence-corrected chi connectivity index (χ0v) is 20.4. The summed E-state index contributed by atoms with van der Waals surface area (Å²) in [6.07, 6.45) is 3.14. The first kappa shape index (κ1) is 22.3. The number of thiazole rings is 1. The number of Topliss-reactive ketones (excluding diaryl/α,β-unsaturated/α-hetero) is 1. The van der Waals surface area contributed by atoms with Crippen LogP contribution in [0.15, 0.2) is 54.2 Å². The first-order valence-electron chi connectivity index (χ1n) is 11.6. The van der Waals surface area contributed by atoms with Crippen molar-refractivity contribution in [3.05, 3.63) is 59.7 Å². The number of anilines is 2. The van der Waals surface area contributed by atoms with Gasteiger partial charge in [0.15, 0.2) is 23.5 Å². The molecule has 0 spiro atoms. The van der Waals surface area contributed by atoms with Crippen LogP contribution in [0.5, 0.6) is 11.5 Å². The van der Waals surface area contributed by atoms with Gasteiger partial charge in [0.05, 0.1) is 23.6 Å². The van der Waals surface area contributed by atoms with E-state index in [2.05, 4.69) is 4.98 Å². The van der Waals surface area contributed by atoms with Gasteiger partial charge < -0.3 is 14.4 Å². The summed E-state index contributed by atoms with van der Waals surface area (Å²) in [5.41, 5.74) is 3.05. The highest BCUT2D eigenvalue weighted by atomic mass is 32.1. The molecular weight excluding hydrogens is 480 g/mol. The van der Waals surface area contributed by atoms with Crippen LogP contribution in [-0.2, 0) is 9.59 Å². The Bertz CT molecular complexity index is 1510. The number of ether oxygens (including phenoxy) is 2. The van der Waals surface area contributed by atoms with Crippen molar-refractivity contribution >= 4 is 45.3 Å². The lowest BCUT2D eigenvalue weighted by atomic mass is 10.0. The lowest BCUT2D eigenvalue weighted by Crippen LogP contribution is -2.46. The number of carbonyl (C=O) groups is 3. The summed E-state index contributed by atoms with van der Waals surface area (Å²) in [5.74, 6) is 0.367. The van der Waals surface area contributed by atoms with Crippen molar-refractivity contribution in [2.75, 3.05) is 29.5 Å². The molecule has 182 valence electrons. The van der Waals surface area contributed by atoms with Crippen LogP contribution in [0.3, 0.4) is 0 Å². The molecule has 0 bridgehead atoms. The Morgan fingerprint density at radius 1 is 1.11 bits per heavy atom. The number of carbonyl (C=O) groups excluding carboxylic acids is 3. The Hall–Kier alpha value is -4.18. The van der Waals surface area contributed by atoms with E-state index in [0.717, 1.165) is 16.2 Å². The van der Waals surface area contributed by atoms with Crippen molar-refractivity contribution in [1.82, 2.24) is 9.38 Å². The van der Waals surface area contributed by atoms with Gasteiger partial charge in [0.1, 0.15) is 11.5 Å². The molecule has 0 N–H and O–H groups in total. The third-order valence-corrected chi connectivity index (χ3v) is 7.17. The largest absolute Gasteiger partial charge is 0.482 e. The molecule has 2 aliphatic rings. The molecule has 2 amide bonds. The Kier molecular flexibility index (Phi) is 5.26. The molecule has 2 aromatic carbocycles. The minimum atomic E-state index is -0.723. The van der Waals surface area contributed by atoms with E-state index in [1.165, 1.54) is 16.2 Å². The van der Waals surface area contributed by atoms with Crippen LogP contribution < -0.4 is 19.3 Å². The van der Waals surface area contributed by atoms with Gasteiger partial charge in [-0.25, -0.2) is 4.98 Å². The minimum Gasteiger partial charge on any atom is -0.482 e.